The molecule has 0 spiro atoms. The molecular formula is C18H29N. The SMILES string of the molecule is CCc1ccccc1NC1CCCC(CC(C)C)C1. The predicted octanol–water partition coefficient (Wildman–Crippen LogP) is 5.27. The minimum atomic E-state index is 0.685. The third-order valence-electron chi connectivity index (χ3n) is 4.35. The number of aryl methyl sites for hydroxylation is 1. The highest BCUT2D eigenvalue weighted by Gasteiger charge is 2.22. The van der Waals surface area contributed by atoms with Gasteiger partial charge in [0, 0.05) is 11.7 Å². The fraction of sp³-hybridized carbons (Fsp3) is 0.667. The zero-order chi connectivity index (χ0) is 13.7. The second-order valence-electron chi connectivity index (χ2n) is 6.51. The van der Waals surface area contributed by atoms with E-state index >= 15 is 0 Å². The molecular weight excluding hydrogens is 230 g/mol. The molecule has 0 saturated heterocycles. The van der Waals surface area contributed by atoms with Crippen molar-refractivity contribution >= 4 is 5.69 Å². The maximum Gasteiger partial charge on any atom is 0.0374 e. The van der Waals surface area contributed by atoms with Crippen molar-refractivity contribution in [3.8, 4) is 0 Å². The van der Waals surface area contributed by atoms with Crippen LogP contribution in [0.15, 0.2) is 24.3 Å². The average Bonchev–Trinajstić information content (AvgIpc) is 2.39. The fourth-order valence-electron chi connectivity index (χ4n) is 3.49. The molecule has 1 aliphatic carbocycles. The van der Waals surface area contributed by atoms with Crippen LogP contribution in [0.3, 0.4) is 0 Å². The Morgan fingerprint density at radius 3 is 2.74 bits per heavy atom. The van der Waals surface area contributed by atoms with Gasteiger partial charge < -0.3 is 5.32 Å². The van der Waals surface area contributed by atoms with Crippen LogP contribution < -0.4 is 5.32 Å². The Bertz CT molecular complexity index is 383. The summed E-state index contributed by atoms with van der Waals surface area (Å²) in [5.74, 6) is 1.77. The molecule has 1 fully saturated rings. The topological polar surface area (TPSA) is 12.0 Å². The number of rotatable bonds is 5. The van der Waals surface area contributed by atoms with Gasteiger partial charge in [-0.1, -0.05) is 51.8 Å². The van der Waals surface area contributed by atoms with Crippen molar-refractivity contribution in [1.82, 2.24) is 0 Å². The van der Waals surface area contributed by atoms with E-state index in [-0.39, 0.29) is 0 Å². The Morgan fingerprint density at radius 1 is 1.21 bits per heavy atom. The quantitative estimate of drug-likeness (QED) is 0.760. The van der Waals surface area contributed by atoms with Crippen molar-refractivity contribution in [1.29, 1.82) is 0 Å². The monoisotopic (exact) mass is 259 g/mol. The summed E-state index contributed by atoms with van der Waals surface area (Å²) in [6.07, 6.45) is 8.04. The molecule has 1 N–H and O–H groups in total. The summed E-state index contributed by atoms with van der Waals surface area (Å²) >= 11 is 0. The van der Waals surface area contributed by atoms with Crippen molar-refractivity contribution in [2.75, 3.05) is 5.32 Å². The van der Waals surface area contributed by atoms with E-state index in [4.69, 9.17) is 0 Å². The van der Waals surface area contributed by atoms with Crippen molar-refractivity contribution in [3.05, 3.63) is 29.8 Å². The molecule has 1 aromatic rings. The van der Waals surface area contributed by atoms with Crippen LogP contribution in [-0.2, 0) is 6.42 Å². The molecule has 2 unspecified atom stereocenters. The summed E-state index contributed by atoms with van der Waals surface area (Å²) in [4.78, 5) is 0. The minimum Gasteiger partial charge on any atom is -0.382 e. The molecule has 1 aromatic carbocycles. The van der Waals surface area contributed by atoms with Gasteiger partial charge >= 0.3 is 0 Å². The van der Waals surface area contributed by atoms with Gasteiger partial charge in [0.1, 0.15) is 0 Å². The Morgan fingerprint density at radius 2 is 2.00 bits per heavy atom. The van der Waals surface area contributed by atoms with E-state index in [1.54, 1.807) is 0 Å². The zero-order valence-electron chi connectivity index (χ0n) is 12.8. The molecule has 1 saturated carbocycles. The Hall–Kier alpha value is -0.980. The highest BCUT2D eigenvalue weighted by atomic mass is 14.9. The predicted molar refractivity (Wildman–Crippen MR) is 84.6 cm³/mol. The summed E-state index contributed by atoms with van der Waals surface area (Å²) in [5.41, 5.74) is 2.81. The Labute approximate surface area is 118 Å². The van der Waals surface area contributed by atoms with E-state index in [0.29, 0.717) is 6.04 Å². The zero-order valence-corrected chi connectivity index (χ0v) is 12.8. The Kier molecular flexibility index (Phi) is 5.30. The molecule has 0 aliphatic heterocycles. The maximum atomic E-state index is 3.80. The lowest BCUT2D eigenvalue weighted by atomic mass is 9.81. The summed E-state index contributed by atoms with van der Waals surface area (Å²) < 4.78 is 0. The molecule has 1 aliphatic rings. The van der Waals surface area contributed by atoms with Crippen LogP contribution in [0.5, 0.6) is 0 Å². The number of benzene rings is 1. The molecule has 0 aromatic heterocycles. The van der Waals surface area contributed by atoms with Crippen LogP contribution in [0.1, 0.15) is 58.4 Å². The third-order valence-corrected chi connectivity index (χ3v) is 4.35. The van der Waals surface area contributed by atoms with Gasteiger partial charge in [0.05, 0.1) is 0 Å². The molecule has 19 heavy (non-hydrogen) atoms. The van der Waals surface area contributed by atoms with Crippen molar-refractivity contribution in [2.45, 2.75) is 65.3 Å². The van der Waals surface area contributed by atoms with Gasteiger partial charge in [0.25, 0.3) is 0 Å². The number of nitrogens with one attached hydrogen (secondary N) is 1. The average molecular weight is 259 g/mol. The van der Waals surface area contributed by atoms with E-state index in [1.165, 1.54) is 43.4 Å². The van der Waals surface area contributed by atoms with Gasteiger partial charge in [-0.2, -0.15) is 0 Å². The molecule has 0 bridgehead atoms. The molecule has 0 radical (unpaired) electrons. The van der Waals surface area contributed by atoms with E-state index in [1.807, 2.05) is 0 Å². The first-order valence-electron chi connectivity index (χ1n) is 8.03. The first-order valence-corrected chi connectivity index (χ1v) is 8.03. The number of para-hydroxylation sites is 1. The van der Waals surface area contributed by atoms with Crippen molar-refractivity contribution in [2.24, 2.45) is 11.8 Å². The molecule has 0 amide bonds. The van der Waals surface area contributed by atoms with Crippen molar-refractivity contribution < 1.29 is 0 Å². The standard InChI is InChI=1S/C18H29N/c1-4-16-9-5-6-11-18(16)19-17-10-7-8-15(13-17)12-14(2)3/h5-6,9,11,14-15,17,19H,4,7-8,10,12-13H2,1-3H3. The highest BCUT2D eigenvalue weighted by molar-refractivity contribution is 5.51. The number of anilines is 1. The number of hydrogen-bond donors (Lipinski definition) is 1. The smallest absolute Gasteiger partial charge is 0.0374 e. The molecule has 1 nitrogen and oxygen atoms in total. The van der Waals surface area contributed by atoms with E-state index in [9.17, 15) is 0 Å². The maximum absolute atomic E-state index is 3.80. The highest BCUT2D eigenvalue weighted by Crippen LogP contribution is 2.31. The van der Waals surface area contributed by atoms with E-state index in [2.05, 4.69) is 50.4 Å². The van der Waals surface area contributed by atoms with Gasteiger partial charge in [-0.3, -0.25) is 0 Å². The fourth-order valence-corrected chi connectivity index (χ4v) is 3.49. The van der Waals surface area contributed by atoms with Crippen LogP contribution in [0.2, 0.25) is 0 Å². The van der Waals surface area contributed by atoms with Crippen LogP contribution in [-0.4, -0.2) is 6.04 Å². The third kappa shape index (κ3) is 4.26. The normalized spacial score (nSPS) is 23.6. The van der Waals surface area contributed by atoms with Crippen LogP contribution in [0.25, 0.3) is 0 Å². The minimum absolute atomic E-state index is 0.685. The number of hydrogen-bond acceptors (Lipinski definition) is 1. The van der Waals surface area contributed by atoms with Crippen LogP contribution >= 0.6 is 0 Å². The van der Waals surface area contributed by atoms with Crippen LogP contribution in [0, 0.1) is 11.8 Å². The summed E-state index contributed by atoms with van der Waals surface area (Å²) in [5, 5.41) is 3.80. The van der Waals surface area contributed by atoms with Gasteiger partial charge in [-0.25, -0.2) is 0 Å². The molecule has 2 atom stereocenters. The Balaban J connectivity index is 1.95. The summed E-state index contributed by atoms with van der Waals surface area (Å²) in [7, 11) is 0. The van der Waals surface area contributed by atoms with Crippen molar-refractivity contribution in [3.63, 3.8) is 0 Å². The van der Waals surface area contributed by atoms with Gasteiger partial charge in [-0.05, 0) is 49.1 Å². The second kappa shape index (κ2) is 6.98. The molecule has 106 valence electrons. The second-order valence-corrected chi connectivity index (χ2v) is 6.51. The van der Waals surface area contributed by atoms with Gasteiger partial charge in [-0.15, -0.1) is 0 Å². The van der Waals surface area contributed by atoms with E-state index in [0.717, 1.165) is 18.3 Å². The van der Waals surface area contributed by atoms with Gasteiger partial charge in [0.15, 0.2) is 0 Å². The van der Waals surface area contributed by atoms with Crippen LogP contribution in [0.4, 0.5) is 5.69 Å². The first-order chi connectivity index (χ1) is 9.19. The summed E-state index contributed by atoms with van der Waals surface area (Å²) in [6, 6.07) is 9.47. The summed E-state index contributed by atoms with van der Waals surface area (Å²) in [6.45, 7) is 6.94. The molecule has 1 heteroatoms. The largest absolute Gasteiger partial charge is 0.382 e. The lowest BCUT2D eigenvalue weighted by molar-refractivity contribution is 0.289. The lowest BCUT2D eigenvalue weighted by Gasteiger charge is -2.32. The molecule has 2 rings (SSSR count). The first kappa shape index (κ1) is 14.4. The van der Waals surface area contributed by atoms with E-state index < -0.39 is 0 Å². The van der Waals surface area contributed by atoms with Gasteiger partial charge in [0.2, 0.25) is 0 Å². The molecule has 0 heterocycles. The lowest BCUT2D eigenvalue weighted by Crippen LogP contribution is -2.28.